The molecule has 1 aliphatic rings. The van der Waals surface area contributed by atoms with Crippen LogP contribution in [0, 0.1) is 0 Å². The predicted molar refractivity (Wildman–Crippen MR) is 138 cm³/mol. The van der Waals surface area contributed by atoms with E-state index < -0.39 is 42.3 Å². The molecule has 3 rings (SSSR count). The first-order chi connectivity index (χ1) is 18.1. The molecule has 4 amide bonds. The summed E-state index contributed by atoms with van der Waals surface area (Å²) in [6.07, 6.45) is 5.40. The Balaban J connectivity index is 1.59. The van der Waals surface area contributed by atoms with Crippen LogP contribution in [0.25, 0.3) is 6.08 Å². The Morgan fingerprint density at radius 2 is 1.89 bits per heavy atom. The molecule has 2 atom stereocenters. The molecule has 0 radical (unpaired) electrons. The number of amides is 4. The summed E-state index contributed by atoms with van der Waals surface area (Å²) in [5.41, 5.74) is 0.349. The predicted octanol–water partition coefficient (Wildman–Crippen LogP) is 2.23. The molecule has 2 aromatic rings. The topological polar surface area (TPSA) is 158 Å². The van der Waals surface area contributed by atoms with Crippen molar-refractivity contribution in [1.82, 2.24) is 20.9 Å². The zero-order chi connectivity index (χ0) is 27.8. The molecule has 1 aromatic heterocycles. The number of nitrogens with one attached hydrogen (secondary N) is 3. The van der Waals surface area contributed by atoms with Gasteiger partial charge in [-0.15, -0.1) is 0 Å². The molecule has 0 saturated carbocycles. The lowest BCUT2D eigenvalue weighted by Gasteiger charge is -2.23. The molecule has 1 aliphatic heterocycles. The van der Waals surface area contributed by atoms with Crippen LogP contribution in [0.1, 0.15) is 41.4 Å². The molecule has 2 heterocycles. The Morgan fingerprint density at radius 1 is 1.18 bits per heavy atom. The highest BCUT2D eigenvalue weighted by atomic mass is 35.5. The number of halogens is 2. The normalized spacial score (nSPS) is 15.8. The average Bonchev–Trinajstić information content (AvgIpc) is 3.55. The SMILES string of the molecule is CC(=O)N1CCC[C@@H]1C(=O)NC[C@H](NC(=O)c1c(Cl)cc(CNC(=O)/C=C/c2ccco2)cc1Cl)C(=O)O. The van der Waals surface area contributed by atoms with Gasteiger partial charge in [-0.2, -0.15) is 0 Å². The smallest absolute Gasteiger partial charge is 0.328 e. The molecule has 0 unspecified atom stereocenters. The summed E-state index contributed by atoms with van der Waals surface area (Å²) in [5.74, 6) is -2.88. The lowest BCUT2D eigenvalue weighted by molar-refractivity contribution is -0.140. The van der Waals surface area contributed by atoms with Gasteiger partial charge in [-0.05, 0) is 48.7 Å². The van der Waals surface area contributed by atoms with E-state index in [2.05, 4.69) is 16.0 Å². The summed E-state index contributed by atoms with van der Waals surface area (Å²) in [4.78, 5) is 62.2. The van der Waals surface area contributed by atoms with Gasteiger partial charge >= 0.3 is 5.97 Å². The molecule has 38 heavy (non-hydrogen) atoms. The molecular formula is C25H26Cl2N4O7. The Hall–Kier alpha value is -3.83. The monoisotopic (exact) mass is 564 g/mol. The van der Waals surface area contributed by atoms with E-state index in [1.807, 2.05) is 0 Å². The average molecular weight is 565 g/mol. The number of likely N-dealkylation sites (tertiary alicyclic amines) is 1. The van der Waals surface area contributed by atoms with Crippen molar-refractivity contribution in [2.75, 3.05) is 13.1 Å². The van der Waals surface area contributed by atoms with Gasteiger partial charge in [0.15, 0.2) is 0 Å². The van der Waals surface area contributed by atoms with Gasteiger partial charge in [0.05, 0.1) is 21.9 Å². The highest BCUT2D eigenvalue weighted by molar-refractivity contribution is 6.39. The van der Waals surface area contributed by atoms with Crippen LogP contribution in [-0.4, -0.2) is 64.8 Å². The maximum Gasteiger partial charge on any atom is 0.328 e. The maximum absolute atomic E-state index is 12.8. The molecule has 1 saturated heterocycles. The fourth-order valence-electron chi connectivity index (χ4n) is 3.90. The van der Waals surface area contributed by atoms with E-state index in [1.165, 1.54) is 42.4 Å². The van der Waals surface area contributed by atoms with Gasteiger partial charge in [0.25, 0.3) is 5.91 Å². The van der Waals surface area contributed by atoms with Crippen molar-refractivity contribution in [2.45, 2.75) is 38.4 Å². The van der Waals surface area contributed by atoms with E-state index >= 15 is 0 Å². The van der Waals surface area contributed by atoms with Crippen LogP contribution in [0.5, 0.6) is 0 Å². The number of carboxylic acid groups (broad SMARTS) is 1. The number of aliphatic carboxylic acids is 1. The third-order valence-electron chi connectivity index (χ3n) is 5.78. The summed E-state index contributed by atoms with van der Waals surface area (Å²) in [5, 5.41) is 16.9. The van der Waals surface area contributed by atoms with Gasteiger partial charge in [0.1, 0.15) is 17.8 Å². The summed E-state index contributed by atoms with van der Waals surface area (Å²) in [7, 11) is 0. The van der Waals surface area contributed by atoms with Crippen molar-refractivity contribution in [3.05, 3.63) is 63.5 Å². The molecule has 0 aliphatic carbocycles. The van der Waals surface area contributed by atoms with Gasteiger partial charge in [-0.25, -0.2) is 4.79 Å². The van der Waals surface area contributed by atoms with Crippen LogP contribution in [0.4, 0.5) is 0 Å². The minimum atomic E-state index is -1.48. The fraction of sp³-hybridized carbons (Fsp3) is 0.320. The molecule has 13 heteroatoms. The second kappa shape index (κ2) is 13.1. The summed E-state index contributed by atoms with van der Waals surface area (Å²) < 4.78 is 5.11. The maximum atomic E-state index is 12.8. The zero-order valence-electron chi connectivity index (χ0n) is 20.3. The van der Waals surface area contributed by atoms with Gasteiger partial charge in [-0.1, -0.05) is 23.2 Å². The summed E-state index contributed by atoms with van der Waals surface area (Å²) >= 11 is 12.5. The van der Waals surface area contributed by atoms with Crippen molar-refractivity contribution in [1.29, 1.82) is 0 Å². The standard InChI is InChI=1S/C25H26Cl2N4O7/c1-14(32)31-8-2-5-20(31)23(34)29-13-19(25(36)37)30-24(35)22-17(26)10-15(11-18(22)27)12-28-21(33)7-6-16-4-3-9-38-16/h3-4,6-7,9-11,19-20H,2,5,8,12-13H2,1H3,(H,28,33)(H,29,34)(H,30,35)(H,36,37)/b7-6+/t19-,20+/m0/s1. The van der Waals surface area contributed by atoms with E-state index in [0.29, 0.717) is 30.7 Å². The van der Waals surface area contributed by atoms with Crippen LogP contribution >= 0.6 is 23.2 Å². The Kier molecular flexibility index (Phi) is 9.91. The molecule has 0 bridgehead atoms. The molecule has 0 spiro atoms. The first-order valence-electron chi connectivity index (χ1n) is 11.6. The first kappa shape index (κ1) is 28.7. The number of furan rings is 1. The van der Waals surface area contributed by atoms with Gasteiger partial charge in [-0.3, -0.25) is 19.2 Å². The summed E-state index contributed by atoms with van der Waals surface area (Å²) in [6, 6.07) is 4.06. The third kappa shape index (κ3) is 7.59. The van der Waals surface area contributed by atoms with E-state index in [-0.39, 0.29) is 28.1 Å². The molecule has 1 aromatic carbocycles. The van der Waals surface area contributed by atoms with Crippen molar-refractivity contribution in [3.63, 3.8) is 0 Å². The van der Waals surface area contributed by atoms with E-state index in [1.54, 1.807) is 12.1 Å². The highest BCUT2D eigenvalue weighted by Crippen LogP contribution is 2.27. The van der Waals surface area contributed by atoms with Crippen LogP contribution in [0.3, 0.4) is 0 Å². The Morgan fingerprint density at radius 3 is 2.50 bits per heavy atom. The van der Waals surface area contributed by atoms with E-state index in [9.17, 15) is 29.1 Å². The Labute approximate surface area is 228 Å². The number of carbonyl (C=O) groups excluding carboxylic acids is 4. The second-order valence-corrected chi connectivity index (χ2v) is 9.30. The summed E-state index contributed by atoms with van der Waals surface area (Å²) in [6.45, 7) is 1.46. The van der Waals surface area contributed by atoms with Crippen molar-refractivity contribution in [3.8, 4) is 0 Å². The van der Waals surface area contributed by atoms with Gasteiger partial charge in [0.2, 0.25) is 17.7 Å². The largest absolute Gasteiger partial charge is 0.480 e. The number of benzene rings is 1. The van der Waals surface area contributed by atoms with E-state index in [0.717, 1.165) is 0 Å². The number of hydrogen-bond acceptors (Lipinski definition) is 6. The van der Waals surface area contributed by atoms with Crippen molar-refractivity contribution >= 4 is 58.9 Å². The third-order valence-corrected chi connectivity index (χ3v) is 6.38. The van der Waals surface area contributed by atoms with Crippen molar-refractivity contribution < 1.29 is 33.5 Å². The second-order valence-electron chi connectivity index (χ2n) is 8.48. The lowest BCUT2D eigenvalue weighted by Crippen LogP contribution is -2.52. The van der Waals surface area contributed by atoms with Crippen LogP contribution < -0.4 is 16.0 Å². The van der Waals surface area contributed by atoms with Crippen LogP contribution in [0.2, 0.25) is 10.0 Å². The first-order valence-corrected chi connectivity index (χ1v) is 12.4. The number of carboxylic acids is 1. The molecule has 11 nitrogen and oxygen atoms in total. The highest BCUT2D eigenvalue weighted by Gasteiger charge is 2.33. The van der Waals surface area contributed by atoms with Crippen LogP contribution in [0.15, 0.2) is 41.0 Å². The van der Waals surface area contributed by atoms with Crippen molar-refractivity contribution in [2.24, 2.45) is 0 Å². The van der Waals surface area contributed by atoms with E-state index in [4.69, 9.17) is 27.6 Å². The molecule has 202 valence electrons. The number of hydrogen-bond donors (Lipinski definition) is 4. The van der Waals surface area contributed by atoms with Crippen LogP contribution in [-0.2, 0) is 25.7 Å². The minimum absolute atomic E-state index is 0.0541. The molecule has 4 N–H and O–H groups in total. The lowest BCUT2D eigenvalue weighted by atomic mass is 10.1. The Bertz CT molecular complexity index is 1220. The number of rotatable bonds is 10. The van der Waals surface area contributed by atoms with Gasteiger partial charge in [0, 0.05) is 32.6 Å². The van der Waals surface area contributed by atoms with Gasteiger partial charge < -0.3 is 30.4 Å². The molecular weight excluding hydrogens is 539 g/mol. The molecule has 1 fully saturated rings. The minimum Gasteiger partial charge on any atom is -0.480 e. The quantitative estimate of drug-likeness (QED) is 0.322. The zero-order valence-corrected chi connectivity index (χ0v) is 21.8. The number of nitrogens with zero attached hydrogens (tertiary/aromatic N) is 1. The number of carbonyl (C=O) groups is 5. The fourth-order valence-corrected chi connectivity index (χ4v) is 4.61.